The van der Waals surface area contributed by atoms with Gasteiger partial charge in [0, 0.05) is 0 Å². The number of hydrogen-bond donors (Lipinski definition) is 1. The zero-order chi connectivity index (χ0) is 9.40. The number of halogens is 2. The Hall–Kier alpha value is -0.222. The number of phenols is 1. The molecule has 12 heavy (non-hydrogen) atoms. The van der Waals surface area contributed by atoms with Crippen molar-refractivity contribution in [2.45, 2.75) is 0 Å². The predicted molar refractivity (Wildman–Crippen MR) is 44.5 cm³/mol. The molecular formula is C7H5Cl2NOPt. The van der Waals surface area contributed by atoms with Gasteiger partial charge in [-0.1, -0.05) is 12.1 Å². The van der Waals surface area contributed by atoms with Crippen molar-refractivity contribution in [3.63, 3.8) is 0 Å². The molecule has 1 aromatic rings. The summed E-state index contributed by atoms with van der Waals surface area (Å²) in [6.07, 6.45) is 0. The normalized spacial score (nSPS) is 8.08. The maximum absolute atomic E-state index is 8.89. The zero-order valence-electron chi connectivity index (χ0n) is 5.78. The van der Waals surface area contributed by atoms with Crippen molar-refractivity contribution in [1.29, 1.82) is 5.26 Å². The molecule has 2 nitrogen and oxygen atoms in total. The summed E-state index contributed by atoms with van der Waals surface area (Å²) in [6.45, 7) is 0. The molecule has 0 spiro atoms. The van der Waals surface area contributed by atoms with Crippen molar-refractivity contribution in [3.8, 4) is 11.8 Å². The van der Waals surface area contributed by atoms with E-state index in [1.807, 2.05) is 6.07 Å². The first-order chi connectivity index (χ1) is 5.76. The molecule has 0 unspecified atom stereocenters. The van der Waals surface area contributed by atoms with E-state index in [0.29, 0.717) is 5.56 Å². The van der Waals surface area contributed by atoms with Crippen LogP contribution in [0, 0.1) is 11.3 Å². The van der Waals surface area contributed by atoms with E-state index >= 15 is 0 Å². The summed E-state index contributed by atoms with van der Waals surface area (Å²) >= 11 is -0.472. The summed E-state index contributed by atoms with van der Waals surface area (Å²) < 4.78 is 0. The minimum atomic E-state index is -0.472. The molecule has 0 bridgehead atoms. The summed E-state index contributed by atoms with van der Waals surface area (Å²) in [5.41, 5.74) is 0.317. The third kappa shape index (κ3) is 4.61. The van der Waals surface area contributed by atoms with E-state index in [0.717, 1.165) is 0 Å². The molecule has 0 atom stereocenters. The number of phenolic OH excluding ortho intramolecular Hbond substituents is 1. The fourth-order valence-electron chi connectivity index (χ4n) is 0.568. The van der Waals surface area contributed by atoms with E-state index in [9.17, 15) is 0 Å². The van der Waals surface area contributed by atoms with E-state index in [2.05, 4.69) is 0 Å². The average molecular weight is 385 g/mol. The van der Waals surface area contributed by atoms with Gasteiger partial charge in [0.1, 0.15) is 11.8 Å². The molecule has 0 fully saturated rings. The molecule has 0 aliphatic carbocycles. The molecule has 0 aromatic heterocycles. The second-order valence-corrected chi connectivity index (χ2v) is 4.96. The van der Waals surface area contributed by atoms with Crippen LogP contribution >= 0.6 is 18.8 Å². The molecule has 68 valence electrons. The average Bonchev–Trinajstić information content (AvgIpc) is 2.07. The van der Waals surface area contributed by atoms with Crippen LogP contribution in [0.2, 0.25) is 0 Å². The van der Waals surface area contributed by atoms with Gasteiger partial charge in [0.2, 0.25) is 0 Å². The molecule has 0 amide bonds. The molecule has 0 saturated heterocycles. The van der Waals surface area contributed by atoms with Crippen LogP contribution in [0.5, 0.6) is 5.75 Å². The Morgan fingerprint density at radius 3 is 2.17 bits per heavy atom. The van der Waals surface area contributed by atoms with Gasteiger partial charge in [0.25, 0.3) is 0 Å². The van der Waals surface area contributed by atoms with Crippen LogP contribution in [-0.2, 0) is 16.5 Å². The first kappa shape index (κ1) is 11.8. The van der Waals surface area contributed by atoms with Gasteiger partial charge in [0.15, 0.2) is 0 Å². The van der Waals surface area contributed by atoms with Gasteiger partial charge in [0.05, 0.1) is 5.56 Å². The Labute approximate surface area is 87.1 Å². The van der Waals surface area contributed by atoms with Gasteiger partial charge in [-0.15, -0.1) is 0 Å². The summed E-state index contributed by atoms with van der Waals surface area (Å²) in [5, 5.41) is 17.2. The van der Waals surface area contributed by atoms with Gasteiger partial charge >= 0.3 is 35.3 Å². The Bertz CT molecular complexity index is 274. The Kier molecular flexibility index (Phi) is 7.29. The van der Waals surface area contributed by atoms with E-state index in [1.165, 1.54) is 6.07 Å². The summed E-state index contributed by atoms with van der Waals surface area (Å²) in [6, 6.07) is 8.28. The van der Waals surface area contributed by atoms with Crippen LogP contribution in [0.15, 0.2) is 24.3 Å². The number of rotatable bonds is 0. The van der Waals surface area contributed by atoms with Crippen LogP contribution in [-0.4, -0.2) is 5.11 Å². The third-order valence-electron chi connectivity index (χ3n) is 1.02. The molecule has 0 aliphatic heterocycles. The first-order valence-corrected chi connectivity index (χ1v) is 8.39. The predicted octanol–water partition coefficient (Wildman–Crippen LogP) is 2.64. The maximum atomic E-state index is 8.89. The molecule has 5 heteroatoms. The summed E-state index contributed by atoms with van der Waals surface area (Å²) in [5.74, 6) is 0.0417. The number of hydrogen-bond acceptors (Lipinski definition) is 2. The second-order valence-electron chi connectivity index (χ2n) is 1.67. The van der Waals surface area contributed by atoms with E-state index in [-0.39, 0.29) is 5.75 Å². The third-order valence-corrected chi connectivity index (χ3v) is 1.02. The Morgan fingerprint density at radius 1 is 1.33 bits per heavy atom. The first-order valence-electron chi connectivity index (χ1n) is 2.76. The molecule has 0 aliphatic rings. The molecule has 1 aromatic carbocycles. The van der Waals surface area contributed by atoms with Gasteiger partial charge in [-0.3, -0.25) is 0 Å². The Morgan fingerprint density at radius 2 is 1.83 bits per heavy atom. The van der Waals surface area contributed by atoms with Gasteiger partial charge in [-0.05, 0) is 12.1 Å². The number of aromatic hydroxyl groups is 1. The number of nitriles is 1. The number of benzene rings is 1. The van der Waals surface area contributed by atoms with Crippen LogP contribution < -0.4 is 0 Å². The van der Waals surface area contributed by atoms with Crippen molar-refractivity contribution in [3.05, 3.63) is 29.8 Å². The molecule has 0 saturated carbocycles. The quantitative estimate of drug-likeness (QED) is 0.747. The molecule has 0 heterocycles. The molecular weight excluding hydrogens is 380 g/mol. The molecule has 0 radical (unpaired) electrons. The van der Waals surface area contributed by atoms with Crippen molar-refractivity contribution in [2.75, 3.05) is 0 Å². The topological polar surface area (TPSA) is 44.0 Å². The number of para-hydroxylation sites is 1. The van der Waals surface area contributed by atoms with Crippen molar-refractivity contribution in [1.82, 2.24) is 0 Å². The van der Waals surface area contributed by atoms with Crippen LogP contribution in [0.25, 0.3) is 0 Å². The van der Waals surface area contributed by atoms with Gasteiger partial charge in [-0.25, -0.2) is 0 Å². The fourth-order valence-corrected chi connectivity index (χ4v) is 0.568. The summed E-state index contributed by atoms with van der Waals surface area (Å²) in [4.78, 5) is 0. The van der Waals surface area contributed by atoms with Crippen LogP contribution in [0.4, 0.5) is 0 Å². The van der Waals surface area contributed by atoms with Crippen LogP contribution in [0.3, 0.4) is 0 Å². The fraction of sp³-hybridized carbons (Fsp3) is 0. The van der Waals surface area contributed by atoms with Gasteiger partial charge < -0.3 is 5.11 Å². The second kappa shape index (κ2) is 7.43. The van der Waals surface area contributed by atoms with E-state index in [1.54, 1.807) is 18.2 Å². The zero-order valence-corrected chi connectivity index (χ0v) is 9.56. The van der Waals surface area contributed by atoms with E-state index in [4.69, 9.17) is 29.2 Å². The monoisotopic (exact) mass is 384 g/mol. The molecule has 1 N–H and O–H groups in total. The SMILES string of the molecule is N#Cc1ccccc1O.[Cl][Pt][Cl]. The van der Waals surface area contributed by atoms with Gasteiger partial charge in [-0.2, -0.15) is 5.26 Å². The van der Waals surface area contributed by atoms with Crippen molar-refractivity contribution in [2.24, 2.45) is 0 Å². The Balaban J connectivity index is 0.000000354. The minimum absolute atomic E-state index is 0.0417. The molecule has 1 rings (SSSR count). The summed E-state index contributed by atoms with van der Waals surface area (Å²) in [7, 11) is 9.75. The van der Waals surface area contributed by atoms with Crippen molar-refractivity contribution >= 4 is 18.8 Å². The van der Waals surface area contributed by atoms with Crippen LogP contribution in [0.1, 0.15) is 5.56 Å². The van der Waals surface area contributed by atoms with Crippen molar-refractivity contribution < 1.29 is 21.6 Å². The number of nitrogens with zero attached hydrogens (tertiary/aromatic N) is 1. The van der Waals surface area contributed by atoms with E-state index < -0.39 is 16.5 Å². The standard InChI is InChI=1S/C7H5NO.2ClH.Pt/c8-5-6-3-1-2-4-7(6)9;;;/h1-4,9H;2*1H;/q;;;+2/p-2.